The molecule has 0 amide bonds. The monoisotopic (exact) mass is 189 g/mol. The average molecular weight is 189 g/mol. The Morgan fingerprint density at radius 1 is 1.43 bits per heavy atom. The summed E-state index contributed by atoms with van der Waals surface area (Å²) < 4.78 is 3.40. The second kappa shape index (κ2) is 2.70. The Balaban J connectivity index is 2.14. The number of hydrogen-bond donors (Lipinski definition) is 0. The van der Waals surface area contributed by atoms with Crippen LogP contribution in [0.1, 0.15) is 12.8 Å². The number of aromatic nitrogens is 3. The Kier molecular flexibility index (Phi) is 1.50. The first kappa shape index (κ1) is 7.79. The zero-order valence-corrected chi connectivity index (χ0v) is 7.76. The summed E-state index contributed by atoms with van der Waals surface area (Å²) in [4.78, 5) is 11.9. The van der Waals surface area contributed by atoms with Gasteiger partial charge in [0.15, 0.2) is 0 Å². The van der Waals surface area contributed by atoms with E-state index >= 15 is 0 Å². The van der Waals surface area contributed by atoms with E-state index in [0.717, 1.165) is 12.5 Å². The van der Waals surface area contributed by atoms with E-state index in [2.05, 4.69) is 5.10 Å². The summed E-state index contributed by atoms with van der Waals surface area (Å²) in [6, 6.07) is 1.76. The molecule has 14 heavy (non-hydrogen) atoms. The molecule has 3 rings (SSSR count). The van der Waals surface area contributed by atoms with Gasteiger partial charge in [-0.25, -0.2) is 4.52 Å². The summed E-state index contributed by atoms with van der Waals surface area (Å²) in [5, 5.41) is 4.02. The molecule has 4 nitrogen and oxygen atoms in total. The molecule has 0 unspecified atom stereocenters. The van der Waals surface area contributed by atoms with Crippen LogP contribution in [0.4, 0.5) is 0 Å². The lowest BCUT2D eigenvalue weighted by Gasteiger charge is -2.03. The molecule has 0 N–H and O–H groups in total. The summed E-state index contributed by atoms with van der Waals surface area (Å²) in [6.45, 7) is 0.862. The molecule has 2 heterocycles. The lowest BCUT2D eigenvalue weighted by Crippen LogP contribution is -2.22. The van der Waals surface area contributed by atoms with Gasteiger partial charge >= 0.3 is 0 Å². The van der Waals surface area contributed by atoms with Gasteiger partial charge in [-0.05, 0) is 24.8 Å². The Morgan fingerprint density at radius 3 is 3.07 bits per heavy atom. The maximum atomic E-state index is 11.9. The molecule has 0 spiro atoms. The van der Waals surface area contributed by atoms with E-state index < -0.39 is 0 Å². The van der Waals surface area contributed by atoms with Gasteiger partial charge in [-0.15, -0.1) is 0 Å². The molecule has 1 aliphatic rings. The molecule has 2 aromatic heterocycles. The van der Waals surface area contributed by atoms with Crippen LogP contribution in [0, 0.1) is 5.92 Å². The van der Waals surface area contributed by atoms with Gasteiger partial charge in [0.05, 0.1) is 6.20 Å². The van der Waals surface area contributed by atoms with Crippen molar-refractivity contribution in [3.05, 3.63) is 35.0 Å². The summed E-state index contributed by atoms with van der Waals surface area (Å²) in [5.41, 5.74) is 0.727. The van der Waals surface area contributed by atoms with Crippen LogP contribution in [0.15, 0.2) is 29.5 Å². The van der Waals surface area contributed by atoms with Gasteiger partial charge in [-0.2, -0.15) is 5.10 Å². The van der Waals surface area contributed by atoms with Crippen LogP contribution in [0.5, 0.6) is 0 Å². The Labute approximate surface area is 80.8 Å². The van der Waals surface area contributed by atoms with E-state index in [4.69, 9.17) is 0 Å². The Hall–Kier alpha value is -1.58. The minimum atomic E-state index is 0.0666. The number of fused-ring (bicyclic) bond motifs is 1. The second-order valence-electron chi connectivity index (χ2n) is 3.86. The highest BCUT2D eigenvalue weighted by Gasteiger charge is 2.22. The van der Waals surface area contributed by atoms with Crippen LogP contribution >= 0.6 is 0 Å². The van der Waals surface area contributed by atoms with Crippen molar-refractivity contribution in [3.63, 3.8) is 0 Å². The average Bonchev–Trinajstić information content (AvgIpc) is 2.85. The van der Waals surface area contributed by atoms with Gasteiger partial charge < -0.3 is 4.57 Å². The first-order chi connectivity index (χ1) is 6.84. The minimum Gasteiger partial charge on any atom is -0.312 e. The van der Waals surface area contributed by atoms with Gasteiger partial charge in [0.2, 0.25) is 0 Å². The highest BCUT2D eigenvalue weighted by molar-refractivity contribution is 5.42. The molecule has 1 fully saturated rings. The summed E-state index contributed by atoms with van der Waals surface area (Å²) in [5.74, 6) is 0.720. The zero-order valence-electron chi connectivity index (χ0n) is 7.76. The van der Waals surface area contributed by atoms with Gasteiger partial charge in [-0.3, -0.25) is 4.79 Å². The van der Waals surface area contributed by atoms with Crippen molar-refractivity contribution < 1.29 is 0 Å². The van der Waals surface area contributed by atoms with Crippen LogP contribution in [0.25, 0.3) is 5.52 Å². The van der Waals surface area contributed by atoms with Gasteiger partial charge in [0, 0.05) is 18.9 Å². The topological polar surface area (TPSA) is 39.3 Å². The minimum absolute atomic E-state index is 0.0666. The third kappa shape index (κ3) is 1.14. The van der Waals surface area contributed by atoms with Crippen molar-refractivity contribution in [2.24, 2.45) is 5.92 Å². The van der Waals surface area contributed by atoms with Crippen molar-refractivity contribution in [2.45, 2.75) is 19.4 Å². The number of nitrogens with zero attached hydrogens (tertiary/aromatic N) is 3. The molecule has 72 valence electrons. The van der Waals surface area contributed by atoms with Crippen molar-refractivity contribution in [2.75, 3.05) is 0 Å². The van der Waals surface area contributed by atoms with Crippen LogP contribution in [-0.2, 0) is 6.54 Å². The van der Waals surface area contributed by atoms with E-state index in [0.29, 0.717) is 5.52 Å². The zero-order chi connectivity index (χ0) is 9.54. The van der Waals surface area contributed by atoms with Crippen molar-refractivity contribution in [1.82, 2.24) is 14.2 Å². The standard InChI is InChI=1S/C10H11N3O/c14-10-9-3-4-11-13(9)6-5-12(10)7-8-1-2-8/h3-6,8H,1-2,7H2. The van der Waals surface area contributed by atoms with E-state index in [1.807, 2.05) is 12.4 Å². The maximum Gasteiger partial charge on any atom is 0.276 e. The lowest BCUT2D eigenvalue weighted by atomic mass is 10.4. The third-order valence-corrected chi connectivity index (χ3v) is 2.69. The molecule has 1 saturated carbocycles. The quantitative estimate of drug-likeness (QED) is 0.704. The number of rotatable bonds is 2. The van der Waals surface area contributed by atoms with Crippen molar-refractivity contribution >= 4 is 5.52 Å². The maximum absolute atomic E-state index is 11.9. The molecule has 0 saturated heterocycles. The largest absolute Gasteiger partial charge is 0.312 e. The van der Waals surface area contributed by atoms with Crippen molar-refractivity contribution in [3.8, 4) is 0 Å². The van der Waals surface area contributed by atoms with Crippen LogP contribution < -0.4 is 5.56 Å². The van der Waals surface area contributed by atoms with E-state index in [-0.39, 0.29) is 5.56 Å². The van der Waals surface area contributed by atoms with E-state index in [9.17, 15) is 4.79 Å². The number of hydrogen-bond acceptors (Lipinski definition) is 2. The predicted octanol–water partition coefficient (Wildman–Crippen LogP) is 0.906. The van der Waals surface area contributed by atoms with Gasteiger partial charge in [0.1, 0.15) is 5.52 Å². The smallest absolute Gasteiger partial charge is 0.276 e. The predicted molar refractivity (Wildman–Crippen MR) is 52.2 cm³/mol. The van der Waals surface area contributed by atoms with Gasteiger partial charge in [-0.1, -0.05) is 0 Å². The molecule has 2 aromatic rings. The lowest BCUT2D eigenvalue weighted by molar-refractivity contribution is 0.603. The SMILES string of the molecule is O=c1c2ccnn2ccn1CC1CC1. The molecule has 0 atom stereocenters. The molecule has 0 aromatic carbocycles. The first-order valence-electron chi connectivity index (χ1n) is 4.87. The third-order valence-electron chi connectivity index (χ3n) is 2.69. The molecular formula is C10H11N3O. The second-order valence-corrected chi connectivity index (χ2v) is 3.86. The van der Waals surface area contributed by atoms with Gasteiger partial charge in [0.25, 0.3) is 5.56 Å². The molecule has 1 aliphatic carbocycles. The Bertz CT molecular complexity index is 521. The highest BCUT2D eigenvalue weighted by atomic mass is 16.1. The fourth-order valence-electron chi connectivity index (χ4n) is 1.68. The van der Waals surface area contributed by atoms with Crippen LogP contribution in [0.2, 0.25) is 0 Å². The van der Waals surface area contributed by atoms with E-state index in [1.165, 1.54) is 12.8 Å². The molecule has 4 heteroatoms. The van der Waals surface area contributed by atoms with Crippen LogP contribution in [0.3, 0.4) is 0 Å². The first-order valence-corrected chi connectivity index (χ1v) is 4.87. The van der Waals surface area contributed by atoms with E-state index in [1.54, 1.807) is 21.3 Å². The van der Waals surface area contributed by atoms with Crippen LogP contribution in [-0.4, -0.2) is 14.2 Å². The normalized spacial score (nSPS) is 16.3. The van der Waals surface area contributed by atoms with Crippen molar-refractivity contribution in [1.29, 1.82) is 0 Å². The summed E-state index contributed by atoms with van der Waals surface area (Å²) in [7, 11) is 0. The molecule has 0 bridgehead atoms. The summed E-state index contributed by atoms with van der Waals surface area (Å²) in [6.07, 6.45) is 7.83. The fraction of sp³-hybridized carbons (Fsp3) is 0.400. The summed E-state index contributed by atoms with van der Waals surface area (Å²) >= 11 is 0. The Morgan fingerprint density at radius 2 is 2.29 bits per heavy atom. The molecule has 0 aliphatic heterocycles. The fourth-order valence-corrected chi connectivity index (χ4v) is 1.68. The highest BCUT2D eigenvalue weighted by Crippen LogP contribution is 2.29. The molecular weight excluding hydrogens is 178 g/mol. The molecule has 0 radical (unpaired) electrons.